The number of nitrogens with zero attached hydrogens (tertiary/aromatic N) is 3. The van der Waals surface area contributed by atoms with Crippen molar-refractivity contribution in [1.82, 2.24) is 14.9 Å². The van der Waals surface area contributed by atoms with Crippen LogP contribution in [-0.2, 0) is 16.1 Å². The summed E-state index contributed by atoms with van der Waals surface area (Å²) in [6.07, 6.45) is 0.562. The Labute approximate surface area is 277 Å². The molecule has 0 atom stereocenters. The summed E-state index contributed by atoms with van der Waals surface area (Å²) in [6.45, 7) is 10.8. The van der Waals surface area contributed by atoms with Crippen molar-refractivity contribution in [2.24, 2.45) is 5.41 Å². The van der Waals surface area contributed by atoms with E-state index in [2.05, 4.69) is 38.5 Å². The smallest absolute Gasteiger partial charge is 0.311 e. The number of rotatable bonds is 7. The van der Waals surface area contributed by atoms with E-state index in [1.165, 1.54) is 29.8 Å². The molecule has 0 N–H and O–H groups in total. The first kappa shape index (κ1) is 36.4. The Morgan fingerprint density at radius 3 is 2.02 bits per heavy atom. The van der Waals surface area contributed by atoms with Crippen molar-refractivity contribution in [2.45, 2.75) is 47.6 Å². The van der Waals surface area contributed by atoms with Crippen LogP contribution < -0.4 is 4.74 Å². The Hall–Kier alpha value is -5.05. The lowest BCUT2D eigenvalue weighted by Gasteiger charge is -2.16. The molecule has 4 rings (SSSR count). The van der Waals surface area contributed by atoms with E-state index in [0.717, 1.165) is 17.9 Å². The minimum Gasteiger partial charge on any atom is -0.490 e. The second-order valence-electron chi connectivity index (χ2n) is 12.1. The molecule has 0 aliphatic heterocycles. The Morgan fingerprint density at radius 1 is 0.809 bits per heavy atom. The first-order valence-electron chi connectivity index (χ1n) is 15.2. The molecule has 0 amide bonds. The molecule has 2 aromatic carbocycles. The molecule has 0 saturated carbocycles. The van der Waals surface area contributed by atoms with E-state index in [-0.39, 0.29) is 17.6 Å². The van der Waals surface area contributed by atoms with Crippen molar-refractivity contribution in [2.75, 3.05) is 27.3 Å². The lowest BCUT2D eigenvalue weighted by atomic mass is 9.97. The molecule has 244 valence electrons. The summed E-state index contributed by atoms with van der Waals surface area (Å²) in [5.41, 5.74) is 4.88. The van der Waals surface area contributed by atoms with E-state index in [4.69, 9.17) is 9.47 Å². The van der Waals surface area contributed by atoms with Gasteiger partial charge in [-0.15, -0.1) is 0 Å². The maximum Gasteiger partial charge on any atom is 0.311 e. The van der Waals surface area contributed by atoms with Gasteiger partial charge in [0.1, 0.15) is 17.3 Å². The first-order chi connectivity index (χ1) is 22.3. The standard InChI is InChI=1S/C22H24FNO3.C17H17FN2/c1-16-9-12-20(26-13-6-14-27-21(25)22(2,3)4)19(24-16)11-10-17-7-5-8-18(23)15-17;1-13-15(12-20(2)3)8-10-17(19-13)9-7-14-5-4-6-16(18)11-14/h5,7-9,12,15H,6,13-14H2,1-4H3;4-6,8,10-11H,12H2,1-3H3. The molecule has 0 saturated heterocycles. The van der Waals surface area contributed by atoms with Crippen LogP contribution in [0.25, 0.3) is 0 Å². The summed E-state index contributed by atoms with van der Waals surface area (Å²) < 4.78 is 37.3. The van der Waals surface area contributed by atoms with Crippen LogP contribution in [0.5, 0.6) is 5.75 Å². The molecule has 0 fully saturated rings. The topological polar surface area (TPSA) is 64.5 Å². The Kier molecular flexibility index (Phi) is 13.6. The minimum absolute atomic E-state index is 0.235. The zero-order valence-electron chi connectivity index (χ0n) is 28.1. The third kappa shape index (κ3) is 13.1. The molecule has 0 bridgehead atoms. The molecule has 2 aromatic heterocycles. The highest BCUT2D eigenvalue weighted by atomic mass is 19.1. The number of ether oxygens (including phenoxy) is 2. The van der Waals surface area contributed by atoms with Crippen molar-refractivity contribution in [3.05, 3.63) is 124 Å². The van der Waals surface area contributed by atoms with Crippen molar-refractivity contribution in [1.29, 1.82) is 0 Å². The second kappa shape index (κ2) is 17.6. The van der Waals surface area contributed by atoms with Gasteiger partial charge >= 0.3 is 5.97 Å². The Balaban J connectivity index is 0.000000267. The van der Waals surface area contributed by atoms with Crippen LogP contribution >= 0.6 is 0 Å². The second-order valence-corrected chi connectivity index (χ2v) is 12.1. The number of hydrogen-bond acceptors (Lipinski definition) is 6. The molecular formula is C39H41F2N3O3. The summed E-state index contributed by atoms with van der Waals surface area (Å²) in [4.78, 5) is 22.7. The molecule has 0 aliphatic rings. The molecule has 4 aromatic rings. The van der Waals surface area contributed by atoms with Crippen LogP contribution in [0, 0.1) is 54.6 Å². The van der Waals surface area contributed by atoms with Gasteiger partial charge in [-0.2, -0.15) is 0 Å². The number of aromatic nitrogens is 2. The number of aryl methyl sites for hydroxylation is 2. The number of carbonyl (C=O) groups is 1. The predicted octanol–water partition coefficient (Wildman–Crippen LogP) is 7.28. The average molecular weight is 638 g/mol. The number of halogens is 2. The van der Waals surface area contributed by atoms with E-state index in [1.807, 2.05) is 66.9 Å². The summed E-state index contributed by atoms with van der Waals surface area (Å²) in [5.74, 6) is 11.4. The average Bonchev–Trinajstić information content (AvgIpc) is 3.00. The molecule has 0 aliphatic carbocycles. The summed E-state index contributed by atoms with van der Waals surface area (Å²) in [5, 5.41) is 0. The van der Waals surface area contributed by atoms with Crippen molar-refractivity contribution in [3.8, 4) is 29.4 Å². The largest absolute Gasteiger partial charge is 0.490 e. The lowest BCUT2D eigenvalue weighted by molar-refractivity contribution is -0.153. The van der Waals surface area contributed by atoms with E-state index in [1.54, 1.807) is 30.3 Å². The number of benzene rings is 2. The lowest BCUT2D eigenvalue weighted by Crippen LogP contribution is -2.23. The number of pyridine rings is 2. The van der Waals surface area contributed by atoms with Gasteiger partial charge in [-0.25, -0.2) is 18.7 Å². The summed E-state index contributed by atoms with van der Waals surface area (Å²) in [7, 11) is 4.05. The number of hydrogen-bond donors (Lipinski definition) is 0. The van der Waals surface area contributed by atoms with Gasteiger partial charge < -0.3 is 14.4 Å². The van der Waals surface area contributed by atoms with Gasteiger partial charge in [-0.05, 0) is 121 Å². The Bertz CT molecular complexity index is 1790. The summed E-state index contributed by atoms with van der Waals surface area (Å²) >= 11 is 0. The van der Waals surface area contributed by atoms with Gasteiger partial charge in [0.05, 0.1) is 18.6 Å². The molecule has 47 heavy (non-hydrogen) atoms. The van der Waals surface area contributed by atoms with Crippen LogP contribution in [0.15, 0.2) is 72.8 Å². The maximum atomic E-state index is 13.3. The van der Waals surface area contributed by atoms with Gasteiger partial charge in [0, 0.05) is 35.5 Å². The molecule has 2 heterocycles. The normalized spacial score (nSPS) is 10.5. The molecule has 6 nitrogen and oxygen atoms in total. The van der Waals surface area contributed by atoms with Crippen molar-refractivity contribution in [3.63, 3.8) is 0 Å². The third-order valence-corrected chi connectivity index (χ3v) is 6.38. The van der Waals surface area contributed by atoms with Gasteiger partial charge in [0.15, 0.2) is 11.4 Å². The first-order valence-corrected chi connectivity index (χ1v) is 15.2. The van der Waals surface area contributed by atoms with Crippen LogP contribution in [0.2, 0.25) is 0 Å². The molecular weight excluding hydrogens is 596 g/mol. The van der Waals surface area contributed by atoms with Gasteiger partial charge in [0.2, 0.25) is 0 Å². The number of esters is 1. The molecule has 0 radical (unpaired) electrons. The van der Waals surface area contributed by atoms with Gasteiger partial charge in [-0.3, -0.25) is 4.79 Å². The van der Waals surface area contributed by atoms with E-state index in [0.29, 0.717) is 47.9 Å². The highest BCUT2D eigenvalue weighted by molar-refractivity contribution is 5.75. The number of carbonyl (C=O) groups excluding carboxylic acids is 1. The fourth-order valence-electron chi connectivity index (χ4n) is 3.94. The molecule has 0 spiro atoms. The molecule has 0 unspecified atom stereocenters. The zero-order chi connectivity index (χ0) is 34.4. The quantitative estimate of drug-likeness (QED) is 0.121. The van der Waals surface area contributed by atoms with E-state index in [9.17, 15) is 13.6 Å². The third-order valence-electron chi connectivity index (χ3n) is 6.38. The van der Waals surface area contributed by atoms with Crippen LogP contribution in [-0.4, -0.2) is 48.1 Å². The highest BCUT2D eigenvalue weighted by Gasteiger charge is 2.22. The van der Waals surface area contributed by atoms with Gasteiger partial charge in [-0.1, -0.05) is 30.0 Å². The minimum atomic E-state index is -0.512. The van der Waals surface area contributed by atoms with Crippen molar-refractivity contribution < 1.29 is 23.0 Å². The molecule has 8 heteroatoms. The van der Waals surface area contributed by atoms with E-state index < -0.39 is 5.41 Å². The predicted molar refractivity (Wildman–Crippen MR) is 181 cm³/mol. The zero-order valence-corrected chi connectivity index (χ0v) is 28.1. The maximum absolute atomic E-state index is 13.3. The summed E-state index contributed by atoms with van der Waals surface area (Å²) in [6, 6.07) is 19.9. The fraction of sp³-hybridized carbons (Fsp3) is 0.308. The van der Waals surface area contributed by atoms with Gasteiger partial charge in [0.25, 0.3) is 0 Å². The SMILES string of the molecule is Cc1ccc(OCCCOC(=O)C(C)(C)C)c(C#Cc2cccc(F)c2)n1.Cc1nc(C#Cc2cccc(F)c2)ccc1CN(C)C. The highest BCUT2D eigenvalue weighted by Crippen LogP contribution is 2.18. The van der Waals surface area contributed by atoms with Crippen LogP contribution in [0.1, 0.15) is 66.7 Å². The van der Waals surface area contributed by atoms with E-state index >= 15 is 0 Å². The van der Waals surface area contributed by atoms with Crippen molar-refractivity contribution >= 4 is 5.97 Å². The van der Waals surface area contributed by atoms with Crippen LogP contribution in [0.3, 0.4) is 0 Å². The van der Waals surface area contributed by atoms with Crippen LogP contribution in [0.4, 0.5) is 8.78 Å². The fourth-order valence-corrected chi connectivity index (χ4v) is 3.94. The Morgan fingerprint density at radius 2 is 1.45 bits per heavy atom. The monoisotopic (exact) mass is 637 g/mol.